The van der Waals surface area contributed by atoms with Gasteiger partial charge in [0.15, 0.2) is 6.61 Å². The Hall–Kier alpha value is -3.75. The first-order valence-corrected chi connectivity index (χ1v) is 13.1. The molecule has 2 aromatic carbocycles. The fraction of sp³-hybridized carbons (Fsp3) is 0.483. The van der Waals surface area contributed by atoms with Crippen molar-refractivity contribution in [2.45, 2.75) is 66.0 Å². The normalized spacial score (nSPS) is 11.1. The van der Waals surface area contributed by atoms with Gasteiger partial charge in [-0.25, -0.2) is 4.79 Å². The van der Waals surface area contributed by atoms with E-state index >= 15 is 0 Å². The molecule has 0 aromatic heterocycles. The monoisotopic (exact) mass is 527 g/mol. The molecule has 0 spiro atoms. The van der Waals surface area contributed by atoms with Crippen LogP contribution in [0.4, 0.5) is 0 Å². The smallest absolute Gasteiger partial charge is 0.344 e. The highest BCUT2D eigenvalue weighted by atomic mass is 16.6. The molecular formula is C29H41N3O6. The summed E-state index contributed by atoms with van der Waals surface area (Å²) in [6.07, 6.45) is 4.23. The number of carbonyl (C=O) groups excluding carboxylic acids is 2. The van der Waals surface area contributed by atoms with Crippen molar-refractivity contribution in [3.63, 3.8) is 0 Å². The van der Waals surface area contributed by atoms with Crippen LogP contribution in [0, 0.1) is 0 Å². The average molecular weight is 528 g/mol. The van der Waals surface area contributed by atoms with E-state index < -0.39 is 5.97 Å². The molecule has 1 amide bonds. The van der Waals surface area contributed by atoms with Gasteiger partial charge in [-0.2, -0.15) is 5.10 Å². The van der Waals surface area contributed by atoms with Crippen molar-refractivity contribution in [2.24, 2.45) is 10.9 Å². The number of nitrogens with two attached hydrogens (primary N) is 1. The van der Waals surface area contributed by atoms with E-state index in [2.05, 4.69) is 5.10 Å². The van der Waals surface area contributed by atoms with Crippen molar-refractivity contribution < 1.29 is 28.5 Å². The average Bonchev–Trinajstić information content (AvgIpc) is 2.88. The topological polar surface area (TPSA) is 113 Å². The van der Waals surface area contributed by atoms with Crippen molar-refractivity contribution in [3.8, 4) is 17.2 Å². The van der Waals surface area contributed by atoms with Crippen molar-refractivity contribution in [2.75, 3.05) is 26.4 Å². The maximum Gasteiger partial charge on any atom is 0.344 e. The summed E-state index contributed by atoms with van der Waals surface area (Å²) in [4.78, 5) is 26.9. The third-order valence-corrected chi connectivity index (χ3v) is 5.61. The summed E-state index contributed by atoms with van der Waals surface area (Å²) >= 11 is 0. The van der Waals surface area contributed by atoms with Crippen molar-refractivity contribution in [3.05, 3.63) is 53.6 Å². The highest BCUT2D eigenvalue weighted by Gasteiger charge is 2.25. The number of rotatable bonds is 16. The molecule has 2 aromatic rings. The van der Waals surface area contributed by atoms with E-state index in [-0.39, 0.29) is 31.2 Å². The van der Waals surface area contributed by atoms with Gasteiger partial charge in [0, 0.05) is 18.2 Å². The molecule has 9 heteroatoms. The summed E-state index contributed by atoms with van der Waals surface area (Å²) in [6.45, 7) is 10.7. The number of unbranched alkanes of at least 4 members (excludes halogenated alkanes) is 2. The molecule has 0 fully saturated rings. The van der Waals surface area contributed by atoms with Gasteiger partial charge >= 0.3 is 5.97 Å². The van der Waals surface area contributed by atoms with Crippen molar-refractivity contribution >= 4 is 18.1 Å². The molecule has 0 bridgehead atoms. The summed E-state index contributed by atoms with van der Waals surface area (Å²) in [7, 11) is 0. The lowest BCUT2D eigenvalue weighted by Crippen LogP contribution is -2.42. The molecule has 2 rings (SSSR count). The number of carbonyl (C=O) groups is 2. The number of esters is 1. The molecule has 0 aliphatic carbocycles. The van der Waals surface area contributed by atoms with Crippen LogP contribution in [0.15, 0.2) is 47.6 Å². The van der Waals surface area contributed by atoms with E-state index in [0.29, 0.717) is 30.3 Å². The highest BCUT2D eigenvalue weighted by molar-refractivity contribution is 5.97. The van der Waals surface area contributed by atoms with Crippen LogP contribution >= 0.6 is 0 Å². The molecule has 0 aliphatic rings. The van der Waals surface area contributed by atoms with Crippen molar-refractivity contribution in [1.82, 2.24) is 4.90 Å². The summed E-state index contributed by atoms with van der Waals surface area (Å²) < 4.78 is 22.3. The van der Waals surface area contributed by atoms with Crippen LogP contribution in [0.5, 0.6) is 17.2 Å². The lowest BCUT2D eigenvalue weighted by Gasteiger charge is -2.31. The Balaban J connectivity index is 1.91. The highest BCUT2D eigenvalue weighted by Crippen LogP contribution is 2.28. The zero-order valence-corrected chi connectivity index (χ0v) is 23.1. The fourth-order valence-electron chi connectivity index (χ4n) is 3.93. The number of benzene rings is 2. The minimum Gasteiger partial charge on any atom is -0.494 e. The molecule has 0 atom stereocenters. The van der Waals surface area contributed by atoms with E-state index in [4.69, 9.17) is 24.8 Å². The van der Waals surface area contributed by atoms with Crippen LogP contribution in [0.1, 0.15) is 69.8 Å². The molecule has 2 N–H and O–H groups in total. The van der Waals surface area contributed by atoms with Crippen molar-refractivity contribution in [1.29, 1.82) is 0 Å². The molecule has 0 radical (unpaired) electrons. The fourth-order valence-corrected chi connectivity index (χ4v) is 3.93. The molecule has 9 nitrogen and oxygen atoms in total. The second-order valence-electron chi connectivity index (χ2n) is 9.26. The van der Waals surface area contributed by atoms with Crippen LogP contribution in [0.2, 0.25) is 0 Å². The zero-order chi connectivity index (χ0) is 27.9. The Bertz CT molecular complexity index is 1030. The SMILES string of the molecule is CCOC(=O)COc1cc(OCCCCCOc2ccc(C=NN)cc2)ccc1C(=O)N(C(C)C)C(C)C. The number of amides is 1. The molecular weight excluding hydrogens is 486 g/mol. The zero-order valence-electron chi connectivity index (χ0n) is 23.1. The minimum absolute atomic E-state index is 0.00490. The number of hydrogen-bond donors (Lipinski definition) is 1. The van der Waals surface area contributed by atoms with Crippen LogP contribution in [0.3, 0.4) is 0 Å². The van der Waals surface area contributed by atoms with Gasteiger partial charge in [-0.05, 0) is 95.8 Å². The first kappa shape index (κ1) is 30.5. The largest absolute Gasteiger partial charge is 0.494 e. The summed E-state index contributed by atoms with van der Waals surface area (Å²) in [6, 6.07) is 12.7. The second-order valence-corrected chi connectivity index (χ2v) is 9.26. The number of hydrazone groups is 1. The van der Waals surface area contributed by atoms with E-state index in [0.717, 1.165) is 30.6 Å². The van der Waals surface area contributed by atoms with Crippen LogP contribution in [-0.2, 0) is 9.53 Å². The Kier molecular flexibility index (Phi) is 13.0. The quantitative estimate of drug-likeness (QED) is 0.110. The third kappa shape index (κ3) is 9.95. The number of ether oxygens (including phenoxy) is 4. The van der Waals surface area contributed by atoms with E-state index in [9.17, 15) is 9.59 Å². The lowest BCUT2D eigenvalue weighted by atomic mass is 10.1. The van der Waals surface area contributed by atoms with Gasteiger partial charge < -0.3 is 29.7 Å². The van der Waals surface area contributed by atoms with Crippen LogP contribution in [-0.4, -0.2) is 61.5 Å². The Labute approximate surface area is 225 Å². The predicted molar refractivity (Wildman–Crippen MR) is 148 cm³/mol. The minimum atomic E-state index is -0.496. The lowest BCUT2D eigenvalue weighted by molar-refractivity contribution is -0.145. The molecule has 0 aliphatic heterocycles. The number of nitrogens with zero attached hydrogens (tertiary/aromatic N) is 2. The van der Waals surface area contributed by atoms with E-state index in [1.54, 1.807) is 36.2 Å². The van der Waals surface area contributed by atoms with E-state index in [1.807, 2.05) is 52.0 Å². The molecule has 0 heterocycles. The predicted octanol–water partition coefficient (Wildman–Crippen LogP) is 4.81. The van der Waals surface area contributed by atoms with Gasteiger partial charge in [-0.15, -0.1) is 0 Å². The standard InChI is InChI=1S/C29H41N3O6/c1-6-35-28(33)20-38-27-18-25(14-15-26(27)29(34)32(21(2)3)22(4)5)37-17-9-7-8-16-36-24-12-10-23(11-13-24)19-31-30/h10-15,18-19,21-22H,6-9,16-17,20,30H2,1-5H3. The van der Waals surface area contributed by atoms with Gasteiger partial charge in [-0.1, -0.05) is 0 Å². The molecule has 0 saturated carbocycles. The van der Waals surface area contributed by atoms with E-state index in [1.165, 1.54) is 0 Å². The van der Waals surface area contributed by atoms with Gasteiger partial charge in [0.25, 0.3) is 5.91 Å². The molecule has 38 heavy (non-hydrogen) atoms. The van der Waals surface area contributed by atoms with Gasteiger partial charge in [-0.3, -0.25) is 4.79 Å². The van der Waals surface area contributed by atoms with Crippen LogP contribution in [0.25, 0.3) is 0 Å². The van der Waals surface area contributed by atoms with Crippen LogP contribution < -0.4 is 20.1 Å². The molecule has 0 unspecified atom stereocenters. The summed E-state index contributed by atoms with van der Waals surface area (Å²) in [5, 5.41) is 3.50. The third-order valence-electron chi connectivity index (χ3n) is 5.61. The Morgan fingerprint density at radius 3 is 2.08 bits per heavy atom. The first-order chi connectivity index (χ1) is 18.3. The van der Waals surface area contributed by atoms with Gasteiger partial charge in [0.2, 0.25) is 0 Å². The molecule has 208 valence electrons. The summed E-state index contributed by atoms with van der Waals surface area (Å²) in [5.41, 5.74) is 1.30. The Morgan fingerprint density at radius 2 is 1.50 bits per heavy atom. The van der Waals surface area contributed by atoms with Gasteiger partial charge in [0.05, 0.1) is 31.6 Å². The first-order valence-electron chi connectivity index (χ1n) is 13.1. The maximum absolute atomic E-state index is 13.3. The van der Waals surface area contributed by atoms with Gasteiger partial charge in [0.1, 0.15) is 17.2 Å². The summed E-state index contributed by atoms with van der Waals surface area (Å²) in [5.74, 6) is 6.16. The Morgan fingerprint density at radius 1 is 0.895 bits per heavy atom. The maximum atomic E-state index is 13.3. The molecule has 0 saturated heterocycles. The second kappa shape index (κ2) is 16.2. The number of hydrogen-bond acceptors (Lipinski definition) is 8.